The van der Waals surface area contributed by atoms with Crippen LogP contribution in [0.2, 0.25) is 0 Å². The molecule has 0 unspecified atom stereocenters. The van der Waals surface area contributed by atoms with Crippen LogP contribution in [0.25, 0.3) is 0 Å². The van der Waals surface area contributed by atoms with E-state index in [1.165, 1.54) is 25.1 Å². The lowest BCUT2D eigenvalue weighted by atomic mass is 9.99. The van der Waals surface area contributed by atoms with Gasteiger partial charge in [0.15, 0.2) is 0 Å². The SMILES string of the molecule is ClCCCN1CC2(CC2)c2ccccc21. The highest BCUT2D eigenvalue weighted by atomic mass is 35.5. The van der Waals surface area contributed by atoms with E-state index in [1.54, 1.807) is 5.56 Å². The molecule has 2 aliphatic rings. The second-order valence-electron chi connectivity index (χ2n) is 4.76. The van der Waals surface area contributed by atoms with E-state index in [0.717, 1.165) is 18.8 Å². The van der Waals surface area contributed by atoms with Gasteiger partial charge in [0.25, 0.3) is 0 Å². The zero-order valence-electron chi connectivity index (χ0n) is 8.88. The Morgan fingerprint density at radius 1 is 1.27 bits per heavy atom. The van der Waals surface area contributed by atoms with Gasteiger partial charge in [-0.1, -0.05) is 18.2 Å². The maximum atomic E-state index is 5.77. The summed E-state index contributed by atoms with van der Waals surface area (Å²) in [5, 5.41) is 0. The molecule has 1 aromatic carbocycles. The second-order valence-corrected chi connectivity index (χ2v) is 5.14. The molecule has 1 fully saturated rings. The van der Waals surface area contributed by atoms with Gasteiger partial charge in [0.2, 0.25) is 0 Å². The fourth-order valence-corrected chi connectivity index (χ4v) is 2.88. The largest absolute Gasteiger partial charge is 0.370 e. The number of hydrogen-bond acceptors (Lipinski definition) is 1. The summed E-state index contributed by atoms with van der Waals surface area (Å²) in [5.74, 6) is 0.770. The highest BCUT2D eigenvalue weighted by Crippen LogP contribution is 2.56. The third-order valence-electron chi connectivity index (χ3n) is 3.72. The van der Waals surface area contributed by atoms with Crippen LogP contribution in [0.5, 0.6) is 0 Å². The first kappa shape index (κ1) is 9.53. The number of alkyl halides is 1. The summed E-state index contributed by atoms with van der Waals surface area (Å²) in [6.07, 6.45) is 3.84. The normalized spacial score (nSPS) is 20.7. The Labute approximate surface area is 96.0 Å². The van der Waals surface area contributed by atoms with Crippen LogP contribution in [0.1, 0.15) is 24.8 Å². The third kappa shape index (κ3) is 1.45. The number of benzene rings is 1. The minimum atomic E-state index is 0.531. The first-order valence-corrected chi connectivity index (χ1v) is 6.30. The van der Waals surface area contributed by atoms with Crippen molar-refractivity contribution in [3.05, 3.63) is 29.8 Å². The summed E-state index contributed by atoms with van der Waals surface area (Å²) >= 11 is 5.77. The summed E-state index contributed by atoms with van der Waals surface area (Å²) in [6, 6.07) is 8.89. The van der Waals surface area contributed by atoms with Gasteiger partial charge in [-0.05, 0) is 30.9 Å². The average molecular weight is 222 g/mol. The minimum Gasteiger partial charge on any atom is -0.370 e. The monoisotopic (exact) mass is 221 g/mol. The first-order valence-electron chi connectivity index (χ1n) is 5.76. The molecule has 15 heavy (non-hydrogen) atoms. The molecule has 1 aromatic rings. The Balaban J connectivity index is 1.89. The Kier molecular flexibility index (Phi) is 2.17. The Hall–Kier alpha value is -0.690. The van der Waals surface area contributed by atoms with E-state index >= 15 is 0 Å². The molecule has 0 aromatic heterocycles. The zero-order valence-corrected chi connectivity index (χ0v) is 9.63. The lowest BCUT2D eigenvalue weighted by Gasteiger charge is -2.19. The van der Waals surface area contributed by atoms with Crippen LogP contribution >= 0.6 is 11.6 Å². The summed E-state index contributed by atoms with van der Waals surface area (Å²) in [6.45, 7) is 2.34. The van der Waals surface area contributed by atoms with Crippen molar-refractivity contribution in [3.8, 4) is 0 Å². The van der Waals surface area contributed by atoms with Gasteiger partial charge in [-0.25, -0.2) is 0 Å². The molecule has 0 atom stereocenters. The van der Waals surface area contributed by atoms with Gasteiger partial charge in [-0.15, -0.1) is 11.6 Å². The van der Waals surface area contributed by atoms with Crippen molar-refractivity contribution in [1.29, 1.82) is 0 Å². The third-order valence-corrected chi connectivity index (χ3v) is 3.99. The maximum Gasteiger partial charge on any atom is 0.0405 e. The van der Waals surface area contributed by atoms with Gasteiger partial charge in [0, 0.05) is 30.1 Å². The van der Waals surface area contributed by atoms with Crippen molar-refractivity contribution in [1.82, 2.24) is 0 Å². The molecule has 0 N–H and O–H groups in total. The summed E-state index contributed by atoms with van der Waals surface area (Å²) < 4.78 is 0. The van der Waals surface area contributed by atoms with Crippen molar-refractivity contribution >= 4 is 17.3 Å². The molecule has 1 spiro atoms. The number of fused-ring (bicyclic) bond motifs is 2. The summed E-state index contributed by atoms with van der Waals surface area (Å²) in [4.78, 5) is 2.52. The summed E-state index contributed by atoms with van der Waals surface area (Å²) in [7, 11) is 0. The number of nitrogens with zero attached hydrogens (tertiary/aromatic N) is 1. The fraction of sp³-hybridized carbons (Fsp3) is 0.538. The number of rotatable bonds is 3. The number of hydrogen-bond donors (Lipinski definition) is 0. The predicted octanol–water partition coefficient (Wildman–Crippen LogP) is 3.17. The van der Waals surface area contributed by atoms with Gasteiger partial charge in [-0.2, -0.15) is 0 Å². The van der Waals surface area contributed by atoms with E-state index in [9.17, 15) is 0 Å². The summed E-state index contributed by atoms with van der Waals surface area (Å²) in [5.41, 5.74) is 3.57. The highest BCUT2D eigenvalue weighted by Gasteiger charge is 2.51. The van der Waals surface area contributed by atoms with Crippen LogP contribution in [0.4, 0.5) is 5.69 Å². The predicted molar refractivity (Wildman–Crippen MR) is 64.9 cm³/mol. The molecular formula is C13H16ClN. The van der Waals surface area contributed by atoms with Crippen LogP contribution in [0, 0.1) is 0 Å². The molecule has 1 saturated carbocycles. The molecule has 80 valence electrons. The van der Waals surface area contributed by atoms with E-state index in [0.29, 0.717) is 5.41 Å². The standard InChI is InChI=1S/C13H16ClN/c14-8-3-9-15-10-13(6-7-13)11-4-1-2-5-12(11)15/h1-2,4-5H,3,6-10H2. The molecule has 0 bridgehead atoms. The van der Waals surface area contributed by atoms with Crippen LogP contribution in [-0.2, 0) is 5.41 Å². The smallest absolute Gasteiger partial charge is 0.0405 e. The van der Waals surface area contributed by atoms with Crippen molar-refractivity contribution in [3.63, 3.8) is 0 Å². The lowest BCUT2D eigenvalue weighted by molar-refractivity contribution is 0.688. The van der Waals surface area contributed by atoms with Crippen molar-refractivity contribution in [2.75, 3.05) is 23.9 Å². The fourth-order valence-electron chi connectivity index (χ4n) is 2.76. The number of para-hydroxylation sites is 1. The van der Waals surface area contributed by atoms with Gasteiger partial charge < -0.3 is 4.90 Å². The Bertz CT molecular complexity index is 371. The molecule has 1 aliphatic carbocycles. The van der Waals surface area contributed by atoms with Crippen LogP contribution in [0.3, 0.4) is 0 Å². The molecule has 0 amide bonds. The van der Waals surface area contributed by atoms with E-state index in [1.807, 2.05) is 0 Å². The molecule has 1 aliphatic heterocycles. The van der Waals surface area contributed by atoms with Gasteiger partial charge in [-0.3, -0.25) is 0 Å². The molecule has 3 rings (SSSR count). The quantitative estimate of drug-likeness (QED) is 0.709. The Morgan fingerprint density at radius 2 is 2.07 bits per heavy atom. The average Bonchev–Trinajstić information content (AvgIpc) is 2.97. The molecule has 0 saturated heterocycles. The van der Waals surface area contributed by atoms with Crippen molar-refractivity contribution in [2.24, 2.45) is 0 Å². The van der Waals surface area contributed by atoms with Gasteiger partial charge >= 0.3 is 0 Å². The maximum absolute atomic E-state index is 5.77. The first-order chi connectivity index (χ1) is 7.36. The van der Waals surface area contributed by atoms with E-state index in [4.69, 9.17) is 11.6 Å². The molecule has 2 heteroatoms. The molecule has 1 heterocycles. The van der Waals surface area contributed by atoms with Crippen molar-refractivity contribution < 1.29 is 0 Å². The number of halogens is 1. The zero-order chi connectivity index (χ0) is 10.3. The highest BCUT2D eigenvalue weighted by molar-refractivity contribution is 6.17. The van der Waals surface area contributed by atoms with Crippen LogP contribution in [0.15, 0.2) is 24.3 Å². The van der Waals surface area contributed by atoms with E-state index in [-0.39, 0.29) is 0 Å². The Morgan fingerprint density at radius 3 is 2.80 bits per heavy atom. The topological polar surface area (TPSA) is 3.24 Å². The number of anilines is 1. The van der Waals surface area contributed by atoms with Gasteiger partial charge in [0.1, 0.15) is 0 Å². The lowest BCUT2D eigenvalue weighted by Crippen LogP contribution is -2.25. The van der Waals surface area contributed by atoms with Gasteiger partial charge in [0.05, 0.1) is 0 Å². The van der Waals surface area contributed by atoms with E-state index < -0.39 is 0 Å². The molecular weight excluding hydrogens is 206 g/mol. The van der Waals surface area contributed by atoms with E-state index in [2.05, 4.69) is 29.2 Å². The van der Waals surface area contributed by atoms with Crippen molar-refractivity contribution in [2.45, 2.75) is 24.7 Å². The van der Waals surface area contributed by atoms with Crippen LogP contribution in [-0.4, -0.2) is 19.0 Å². The minimum absolute atomic E-state index is 0.531. The second kappa shape index (κ2) is 3.41. The molecule has 1 nitrogen and oxygen atoms in total. The molecule has 0 radical (unpaired) electrons. The van der Waals surface area contributed by atoms with Crippen LogP contribution < -0.4 is 4.90 Å².